The van der Waals surface area contributed by atoms with Gasteiger partial charge in [0, 0.05) is 33.2 Å². The predicted molar refractivity (Wildman–Crippen MR) is 124 cm³/mol. The molecule has 6 nitrogen and oxygen atoms in total. The fourth-order valence-corrected chi connectivity index (χ4v) is 5.54. The Bertz CT molecular complexity index is 977. The van der Waals surface area contributed by atoms with Gasteiger partial charge < -0.3 is 10.2 Å². The average molecular weight is 417 g/mol. The van der Waals surface area contributed by atoms with E-state index in [9.17, 15) is 0 Å². The molecule has 1 saturated carbocycles. The van der Waals surface area contributed by atoms with Crippen LogP contribution in [-0.2, 0) is 13.5 Å². The zero-order valence-electron chi connectivity index (χ0n) is 18.5. The second-order valence-electron chi connectivity index (χ2n) is 9.24. The quantitative estimate of drug-likeness (QED) is 0.635. The van der Waals surface area contributed by atoms with Gasteiger partial charge in [-0.25, -0.2) is 0 Å². The molecule has 0 radical (unpaired) electrons. The van der Waals surface area contributed by atoms with Crippen LogP contribution in [0.3, 0.4) is 0 Å². The second kappa shape index (κ2) is 8.79. The minimum absolute atomic E-state index is 0.729. The number of fused-ring (bicyclic) bond motifs is 1. The number of anilines is 1. The molecule has 3 unspecified atom stereocenters. The number of hydrogen-bond acceptors (Lipinski definition) is 5. The number of likely N-dealkylation sites (tertiary alicyclic amines) is 1. The molecule has 0 amide bonds. The summed E-state index contributed by atoms with van der Waals surface area (Å²) in [6.45, 7) is 6.74. The average Bonchev–Trinajstić information content (AvgIpc) is 3.47. The molecular weight excluding hydrogens is 384 g/mol. The summed E-state index contributed by atoms with van der Waals surface area (Å²) in [6.07, 6.45) is 5.71. The van der Waals surface area contributed by atoms with Gasteiger partial charge in [-0.2, -0.15) is 5.10 Å². The van der Waals surface area contributed by atoms with Gasteiger partial charge in [-0.05, 0) is 67.2 Å². The van der Waals surface area contributed by atoms with E-state index in [0.29, 0.717) is 0 Å². The first-order chi connectivity index (χ1) is 15.2. The molecule has 1 aliphatic heterocycles. The predicted octanol–water partition coefficient (Wildman–Crippen LogP) is 3.80. The van der Waals surface area contributed by atoms with Gasteiger partial charge in [0.1, 0.15) is 11.5 Å². The summed E-state index contributed by atoms with van der Waals surface area (Å²) >= 11 is 0. The molecule has 3 heterocycles. The third-order valence-electron chi connectivity index (χ3n) is 7.21. The summed E-state index contributed by atoms with van der Waals surface area (Å²) < 4.78 is 1.86. The van der Waals surface area contributed by atoms with Gasteiger partial charge in [-0.1, -0.05) is 30.3 Å². The van der Waals surface area contributed by atoms with Crippen LogP contribution in [0.15, 0.2) is 48.7 Å². The van der Waals surface area contributed by atoms with Crippen LogP contribution in [0.25, 0.3) is 11.4 Å². The van der Waals surface area contributed by atoms with Crippen LogP contribution >= 0.6 is 0 Å². The monoisotopic (exact) mass is 416 g/mol. The highest BCUT2D eigenvalue weighted by Gasteiger charge is 2.42. The van der Waals surface area contributed by atoms with E-state index in [1.165, 1.54) is 38.0 Å². The Hall–Kier alpha value is -2.73. The minimum atomic E-state index is 0.729. The van der Waals surface area contributed by atoms with Gasteiger partial charge in [0.25, 0.3) is 0 Å². The SMILES string of the molecule is Cc1cnn(C)c1-c1ccc(NCC2CCC3CN(CCc4ccccc4)CC23)nn1. The van der Waals surface area contributed by atoms with Gasteiger partial charge in [0.05, 0.1) is 11.9 Å². The van der Waals surface area contributed by atoms with Crippen molar-refractivity contribution in [3.63, 3.8) is 0 Å². The summed E-state index contributed by atoms with van der Waals surface area (Å²) in [7, 11) is 1.94. The lowest BCUT2D eigenvalue weighted by Crippen LogP contribution is -2.27. The molecule has 0 spiro atoms. The van der Waals surface area contributed by atoms with E-state index in [4.69, 9.17) is 0 Å². The van der Waals surface area contributed by atoms with Crippen molar-refractivity contribution in [2.45, 2.75) is 26.2 Å². The summed E-state index contributed by atoms with van der Waals surface area (Å²) in [6, 6.07) is 14.9. The summed E-state index contributed by atoms with van der Waals surface area (Å²) in [4.78, 5) is 2.68. The van der Waals surface area contributed by atoms with E-state index in [1.807, 2.05) is 30.1 Å². The van der Waals surface area contributed by atoms with Crippen LogP contribution in [0.4, 0.5) is 5.82 Å². The van der Waals surface area contributed by atoms with Crippen molar-refractivity contribution in [3.8, 4) is 11.4 Å². The normalized spacial score (nSPS) is 23.2. The van der Waals surface area contributed by atoms with Crippen molar-refractivity contribution in [2.24, 2.45) is 24.8 Å². The maximum absolute atomic E-state index is 4.44. The van der Waals surface area contributed by atoms with E-state index < -0.39 is 0 Å². The minimum Gasteiger partial charge on any atom is -0.368 e. The second-order valence-corrected chi connectivity index (χ2v) is 9.24. The molecule has 1 N–H and O–H groups in total. The van der Waals surface area contributed by atoms with Crippen LogP contribution in [-0.4, -0.2) is 51.1 Å². The van der Waals surface area contributed by atoms with Gasteiger partial charge >= 0.3 is 0 Å². The molecule has 162 valence electrons. The Morgan fingerprint density at radius 3 is 2.65 bits per heavy atom. The fourth-order valence-electron chi connectivity index (χ4n) is 5.54. The first-order valence-corrected chi connectivity index (χ1v) is 11.5. The Morgan fingerprint density at radius 1 is 1.03 bits per heavy atom. The molecule has 2 fully saturated rings. The van der Waals surface area contributed by atoms with Crippen LogP contribution in [0.2, 0.25) is 0 Å². The van der Waals surface area contributed by atoms with Gasteiger partial charge in [0.15, 0.2) is 0 Å². The topological polar surface area (TPSA) is 58.9 Å². The van der Waals surface area contributed by atoms with Crippen LogP contribution in [0.1, 0.15) is 24.0 Å². The highest BCUT2D eigenvalue weighted by Crippen LogP contribution is 2.42. The molecule has 0 bridgehead atoms. The molecule has 1 aliphatic carbocycles. The summed E-state index contributed by atoms with van der Waals surface area (Å²) in [5.41, 5.74) is 4.46. The number of benzene rings is 1. The van der Waals surface area contributed by atoms with E-state index in [1.54, 1.807) is 0 Å². The van der Waals surface area contributed by atoms with Crippen molar-refractivity contribution >= 4 is 5.82 Å². The van der Waals surface area contributed by atoms with Crippen molar-refractivity contribution in [1.29, 1.82) is 0 Å². The first-order valence-electron chi connectivity index (χ1n) is 11.5. The van der Waals surface area contributed by atoms with E-state index in [2.05, 4.69) is 62.8 Å². The molecule has 3 aromatic rings. The Labute approximate surface area is 184 Å². The number of hydrogen-bond donors (Lipinski definition) is 1. The highest BCUT2D eigenvalue weighted by molar-refractivity contribution is 5.59. The Kier molecular flexibility index (Phi) is 5.72. The lowest BCUT2D eigenvalue weighted by molar-refractivity contribution is 0.296. The zero-order chi connectivity index (χ0) is 21.2. The van der Waals surface area contributed by atoms with Crippen molar-refractivity contribution in [2.75, 3.05) is 31.5 Å². The van der Waals surface area contributed by atoms with E-state index in [-0.39, 0.29) is 0 Å². The lowest BCUT2D eigenvalue weighted by Gasteiger charge is -2.21. The Balaban J connectivity index is 1.14. The maximum Gasteiger partial charge on any atom is 0.148 e. The summed E-state index contributed by atoms with van der Waals surface area (Å²) in [5.74, 6) is 3.27. The van der Waals surface area contributed by atoms with Gasteiger partial charge in [0.2, 0.25) is 0 Å². The molecule has 1 saturated heterocycles. The third-order valence-corrected chi connectivity index (χ3v) is 7.21. The van der Waals surface area contributed by atoms with Crippen LogP contribution in [0.5, 0.6) is 0 Å². The lowest BCUT2D eigenvalue weighted by atomic mass is 9.92. The molecule has 2 aromatic heterocycles. The largest absolute Gasteiger partial charge is 0.368 e. The molecule has 6 heteroatoms. The van der Waals surface area contributed by atoms with Crippen molar-refractivity contribution < 1.29 is 0 Å². The first kappa shape index (κ1) is 20.2. The number of nitrogens with zero attached hydrogens (tertiary/aromatic N) is 5. The maximum atomic E-state index is 4.44. The summed E-state index contributed by atoms with van der Waals surface area (Å²) in [5, 5.41) is 16.7. The molecule has 3 atom stereocenters. The number of rotatable bonds is 7. The smallest absolute Gasteiger partial charge is 0.148 e. The fraction of sp³-hybridized carbons (Fsp3) is 0.480. The van der Waals surface area contributed by atoms with Crippen LogP contribution in [0, 0.1) is 24.7 Å². The number of aromatic nitrogens is 4. The third kappa shape index (κ3) is 4.35. The molecule has 1 aromatic carbocycles. The van der Waals surface area contributed by atoms with E-state index in [0.717, 1.165) is 53.5 Å². The molecular formula is C25H32N6. The van der Waals surface area contributed by atoms with Crippen molar-refractivity contribution in [1.82, 2.24) is 24.9 Å². The Morgan fingerprint density at radius 2 is 1.90 bits per heavy atom. The molecule has 31 heavy (non-hydrogen) atoms. The zero-order valence-corrected chi connectivity index (χ0v) is 18.5. The van der Waals surface area contributed by atoms with Crippen molar-refractivity contribution in [3.05, 3.63) is 59.8 Å². The van der Waals surface area contributed by atoms with E-state index >= 15 is 0 Å². The number of nitrogens with one attached hydrogen (secondary N) is 1. The molecule has 5 rings (SSSR count). The van der Waals surface area contributed by atoms with Gasteiger partial charge in [-0.15, -0.1) is 10.2 Å². The van der Waals surface area contributed by atoms with Gasteiger partial charge in [-0.3, -0.25) is 4.68 Å². The number of aryl methyl sites for hydroxylation is 2. The van der Waals surface area contributed by atoms with Crippen LogP contribution < -0.4 is 5.32 Å². The highest BCUT2D eigenvalue weighted by atomic mass is 15.3. The molecule has 2 aliphatic rings. The standard InChI is InChI=1S/C25H32N6/c1-18-14-27-30(2)25(18)23-10-11-24(29-28-23)26-15-20-8-9-21-16-31(17-22(20)21)13-12-19-6-4-3-5-7-19/h3-7,10-11,14,20-22H,8-9,12-13,15-17H2,1-2H3,(H,26,29).